The van der Waals surface area contributed by atoms with Crippen molar-refractivity contribution in [1.29, 1.82) is 0 Å². The Hall–Kier alpha value is -1.28. The van der Waals surface area contributed by atoms with E-state index in [-0.39, 0.29) is 0 Å². The van der Waals surface area contributed by atoms with Crippen molar-refractivity contribution < 1.29 is 9.90 Å². The Balaban J connectivity index is 3.10. The van der Waals surface area contributed by atoms with Crippen LogP contribution in [-0.4, -0.2) is 11.1 Å². The number of carboxylic acid groups (broad SMARTS) is 1. The first-order valence-electron chi connectivity index (χ1n) is 4.18. The van der Waals surface area contributed by atoms with Crippen LogP contribution in [-0.2, 0) is 4.79 Å². The van der Waals surface area contributed by atoms with E-state index in [0.717, 1.165) is 22.8 Å². The molecule has 0 spiro atoms. The van der Waals surface area contributed by atoms with Crippen molar-refractivity contribution in [1.82, 2.24) is 0 Å². The maximum Gasteiger partial charge on any atom is 0.328 e. The average Bonchev–Trinajstić information content (AvgIpc) is 2.09. The third-order valence-electron chi connectivity index (χ3n) is 1.95. The first-order chi connectivity index (χ1) is 6.50. The number of benzene rings is 1. The second-order valence-electron chi connectivity index (χ2n) is 3.13. The monoisotopic (exact) mass is 210 g/mol. The van der Waals surface area contributed by atoms with Crippen LogP contribution in [0.5, 0.6) is 0 Å². The van der Waals surface area contributed by atoms with Gasteiger partial charge in [0.2, 0.25) is 0 Å². The summed E-state index contributed by atoms with van der Waals surface area (Å²) in [6.45, 7) is 3.84. The Labute approximate surface area is 87.8 Å². The van der Waals surface area contributed by atoms with Crippen LogP contribution < -0.4 is 0 Å². The summed E-state index contributed by atoms with van der Waals surface area (Å²) in [5.74, 6) is -0.957. The minimum absolute atomic E-state index is 0.653. The minimum Gasteiger partial charge on any atom is -0.478 e. The van der Waals surface area contributed by atoms with Gasteiger partial charge in [0.1, 0.15) is 0 Å². The van der Waals surface area contributed by atoms with Gasteiger partial charge in [-0.05, 0) is 42.7 Å². The van der Waals surface area contributed by atoms with Crippen LogP contribution in [0.15, 0.2) is 18.2 Å². The number of carbonyl (C=O) groups is 1. The molecule has 3 heteroatoms. The number of rotatable bonds is 2. The Morgan fingerprint density at radius 2 is 2.00 bits per heavy atom. The van der Waals surface area contributed by atoms with E-state index >= 15 is 0 Å². The van der Waals surface area contributed by atoms with Crippen LogP contribution in [0.4, 0.5) is 0 Å². The number of aryl methyl sites for hydroxylation is 2. The molecule has 0 aliphatic rings. The molecule has 0 fully saturated rings. The molecule has 0 aliphatic carbocycles. The second kappa shape index (κ2) is 4.29. The zero-order chi connectivity index (χ0) is 10.7. The number of carboxylic acids is 1. The molecule has 0 atom stereocenters. The minimum atomic E-state index is -0.957. The third-order valence-corrected chi connectivity index (χ3v) is 2.36. The lowest BCUT2D eigenvalue weighted by atomic mass is 10.1. The van der Waals surface area contributed by atoms with Crippen molar-refractivity contribution in [2.45, 2.75) is 13.8 Å². The molecule has 1 aromatic carbocycles. The molecule has 0 amide bonds. The molecule has 0 bridgehead atoms. The van der Waals surface area contributed by atoms with Crippen molar-refractivity contribution in [2.24, 2.45) is 0 Å². The van der Waals surface area contributed by atoms with E-state index < -0.39 is 5.97 Å². The molecule has 14 heavy (non-hydrogen) atoms. The fourth-order valence-corrected chi connectivity index (χ4v) is 1.35. The van der Waals surface area contributed by atoms with Crippen molar-refractivity contribution in [2.75, 3.05) is 0 Å². The van der Waals surface area contributed by atoms with E-state index in [9.17, 15) is 4.79 Å². The smallest absolute Gasteiger partial charge is 0.328 e. The van der Waals surface area contributed by atoms with Gasteiger partial charge in [0.15, 0.2) is 0 Å². The molecule has 0 radical (unpaired) electrons. The summed E-state index contributed by atoms with van der Waals surface area (Å²) < 4.78 is 0. The van der Waals surface area contributed by atoms with Crippen molar-refractivity contribution in [3.63, 3.8) is 0 Å². The van der Waals surface area contributed by atoms with Crippen molar-refractivity contribution in [3.8, 4) is 0 Å². The van der Waals surface area contributed by atoms with Crippen LogP contribution in [0.2, 0.25) is 5.02 Å². The number of hydrogen-bond acceptors (Lipinski definition) is 1. The summed E-state index contributed by atoms with van der Waals surface area (Å²) >= 11 is 5.92. The van der Waals surface area contributed by atoms with Gasteiger partial charge in [0, 0.05) is 11.1 Å². The highest BCUT2D eigenvalue weighted by molar-refractivity contribution is 6.31. The zero-order valence-corrected chi connectivity index (χ0v) is 8.80. The topological polar surface area (TPSA) is 37.3 Å². The number of hydrogen-bond donors (Lipinski definition) is 1. The van der Waals surface area contributed by atoms with Crippen LogP contribution >= 0.6 is 11.6 Å². The molecule has 1 aromatic rings. The summed E-state index contributed by atoms with van der Waals surface area (Å²) in [4.78, 5) is 10.3. The largest absolute Gasteiger partial charge is 0.478 e. The van der Waals surface area contributed by atoms with E-state index in [4.69, 9.17) is 16.7 Å². The molecule has 74 valence electrons. The van der Waals surface area contributed by atoms with Crippen molar-refractivity contribution in [3.05, 3.63) is 39.9 Å². The van der Waals surface area contributed by atoms with Gasteiger partial charge < -0.3 is 5.11 Å². The van der Waals surface area contributed by atoms with Gasteiger partial charge >= 0.3 is 5.97 Å². The normalized spacial score (nSPS) is 10.8. The molecular weight excluding hydrogens is 200 g/mol. The average molecular weight is 211 g/mol. The van der Waals surface area contributed by atoms with Gasteiger partial charge in [-0.1, -0.05) is 17.7 Å². The Bertz CT molecular complexity index is 395. The highest BCUT2D eigenvalue weighted by Gasteiger charge is 2.00. The molecule has 0 aromatic heterocycles. The van der Waals surface area contributed by atoms with E-state index in [1.165, 1.54) is 0 Å². The van der Waals surface area contributed by atoms with Gasteiger partial charge in [-0.3, -0.25) is 0 Å². The van der Waals surface area contributed by atoms with Gasteiger partial charge in [-0.25, -0.2) is 4.79 Å². The van der Waals surface area contributed by atoms with Gasteiger partial charge in [0.05, 0.1) is 0 Å². The molecule has 1 rings (SSSR count). The van der Waals surface area contributed by atoms with Crippen LogP contribution in [0.3, 0.4) is 0 Å². The summed E-state index contributed by atoms with van der Waals surface area (Å²) in [5.41, 5.74) is 2.85. The highest BCUT2D eigenvalue weighted by atomic mass is 35.5. The molecule has 0 aliphatic heterocycles. The highest BCUT2D eigenvalue weighted by Crippen LogP contribution is 2.21. The fourth-order valence-electron chi connectivity index (χ4n) is 1.18. The maximum atomic E-state index is 10.3. The SMILES string of the molecule is Cc1cc(C)c(/C=C/C(=O)O)cc1Cl. The van der Waals surface area contributed by atoms with Gasteiger partial charge in [-0.2, -0.15) is 0 Å². The summed E-state index contributed by atoms with van der Waals surface area (Å²) in [6, 6.07) is 3.70. The van der Waals surface area contributed by atoms with Crippen LogP contribution in [0.1, 0.15) is 16.7 Å². The lowest BCUT2D eigenvalue weighted by molar-refractivity contribution is -0.131. The molecule has 0 saturated heterocycles. The quantitative estimate of drug-likeness (QED) is 0.762. The second-order valence-corrected chi connectivity index (χ2v) is 3.54. The predicted octanol–water partition coefficient (Wildman–Crippen LogP) is 3.05. The first kappa shape index (κ1) is 10.8. The summed E-state index contributed by atoms with van der Waals surface area (Å²) in [5, 5.41) is 9.12. The lowest BCUT2D eigenvalue weighted by Gasteiger charge is -2.03. The Morgan fingerprint density at radius 1 is 1.36 bits per heavy atom. The molecular formula is C11H11ClO2. The van der Waals surface area contributed by atoms with Gasteiger partial charge in [0.25, 0.3) is 0 Å². The standard InChI is InChI=1S/C11H11ClO2/c1-7-5-8(2)10(12)6-9(7)3-4-11(13)14/h3-6H,1-2H3,(H,13,14)/b4-3+. The van der Waals surface area contributed by atoms with Crippen LogP contribution in [0, 0.1) is 13.8 Å². The van der Waals surface area contributed by atoms with Crippen LogP contribution in [0.25, 0.3) is 6.08 Å². The molecule has 2 nitrogen and oxygen atoms in total. The van der Waals surface area contributed by atoms with E-state index in [1.807, 2.05) is 19.9 Å². The molecule has 0 heterocycles. The number of halogens is 1. The van der Waals surface area contributed by atoms with E-state index in [0.29, 0.717) is 5.02 Å². The maximum absolute atomic E-state index is 10.3. The lowest BCUT2D eigenvalue weighted by Crippen LogP contribution is -1.88. The predicted molar refractivity (Wildman–Crippen MR) is 57.6 cm³/mol. The Morgan fingerprint density at radius 3 is 2.57 bits per heavy atom. The van der Waals surface area contributed by atoms with Gasteiger partial charge in [-0.15, -0.1) is 0 Å². The summed E-state index contributed by atoms with van der Waals surface area (Å²) in [6.07, 6.45) is 2.65. The molecule has 1 N–H and O–H groups in total. The summed E-state index contributed by atoms with van der Waals surface area (Å²) in [7, 11) is 0. The zero-order valence-electron chi connectivity index (χ0n) is 8.04. The van der Waals surface area contributed by atoms with E-state index in [2.05, 4.69) is 0 Å². The first-order valence-corrected chi connectivity index (χ1v) is 4.56. The van der Waals surface area contributed by atoms with E-state index in [1.54, 1.807) is 12.1 Å². The Kier molecular flexibility index (Phi) is 3.31. The molecule has 0 unspecified atom stereocenters. The third kappa shape index (κ3) is 2.60. The molecule has 0 saturated carbocycles. The van der Waals surface area contributed by atoms with Crippen molar-refractivity contribution >= 4 is 23.6 Å². The number of aliphatic carboxylic acids is 1. The fraction of sp³-hybridized carbons (Fsp3) is 0.182.